The van der Waals surface area contributed by atoms with E-state index in [1.54, 1.807) is 0 Å². The van der Waals surface area contributed by atoms with Crippen molar-refractivity contribution in [3.63, 3.8) is 0 Å². The number of piperidine rings is 1. The van der Waals surface area contributed by atoms with Crippen molar-refractivity contribution >= 4 is 11.7 Å². The van der Waals surface area contributed by atoms with E-state index in [1.807, 2.05) is 0 Å². The Morgan fingerprint density at radius 2 is 1.74 bits per heavy atom. The first-order valence-corrected chi connectivity index (χ1v) is 7.72. The average molecular weight is 264 g/mol. The molecule has 3 fully saturated rings. The third-order valence-electron chi connectivity index (χ3n) is 5.13. The van der Waals surface area contributed by atoms with Crippen molar-refractivity contribution in [1.82, 2.24) is 4.90 Å². The fraction of sp³-hybridized carbons (Fsp3) is 0.867. The third-order valence-corrected chi connectivity index (χ3v) is 5.13. The Bertz CT molecular complexity index is 358. The molecule has 0 aromatic rings. The van der Waals surface area contributed by atoms with Crippen LogP contribution in [0.3, 0.4) is 0 Å². The molecule has 0 amide bonds. The summed E-state index contributed by atoms with van der Waals surface area (Å²) in [5, 5.41) is 4.17. The van der Waals surface area contributed by atoms with E-state index in [-0.39, 0.29) is 11.9 Å². The van der Waals surface area contributed by atoms with Gasteiger partial charge in [-0.1, -0.05) is 24.4 Å². The van der Waals surface area contributed by atoms with E-state index in [0.29, 0.717) is 12.1 Å². The SMILES string of the molecule is CN1[C@@H]2CC[C@H]1CC(=NOC(=O)C1CCCCC1)C2. The lowest BCUT2D eigenvalue weighted by Gasteiger charge is -2.31. The van der Waals surface area contributed by atoms with Crippen LogP contribution in [0.1, 0.15) is 57.8 Å². The quantitative estimate of drug-likeness (QED) is 0.569. The molecule has 2 atom stereocenters. The average Bonchev–Trinajstić information content (AvgIpc) is 2.68. The second-order valence-electron chi connectivity index (χ2n) is 6.36. The predicted molar refractivity (Wildman–Crippen MR) is 73.9 cm³/mol. The van der Waals surface area contributed by atoms with Gasteiger partial charge in [-0.3, -0.25) is 4.90 Å². The van der Waals surface area contributed by atoms with Gasteiger partial charge in [-0.25, -0.2) is 4.79 Å². The van der Waals surface area contributed by atoms with Gasteiger partial charge in [-0.15, -0.1) is 0 Å². The molecule has 4 nitrogen and oxygen atoms in total. The van der Waals surface area contributed by atoms with E-state index >= 15 is 0 Å². The molecule has 0 aromatic carbocycles. The predicted octanol–water partition coefficient (Wildman–Crippen LogP) is 2.72. The molecule has 0 unspecified atom stereocenters. The summed E-state index contributed by atoms with van der Waals surface area (Å²) in [5.41, 5.74) is 1.09. The van der Waals surface area contributed by atoms with Crippen LogP contribution >= 0.6 is 0 Å². The summed E-state index contributed by atoms with van der Waals surface area (Å²) in [4.78, 5) is 19.6. The topological polar surface area (TPSA) is 41.9 Å². The maximum absolute atomic E-state index is 11.9. The van der Waals surface area contributed by atoms with E-state index in [9.17, 15) is 4.79 Å². The van der Waals surface area contributed by atoms with Crippen LogP contribution < -0.4 is 0 Å². The summed E-state index contributed by atoms with van der Waals surface area (Å²) in [6.45, 7) is 0. The Morgan fingerprint density at radius 3 is 2.37 bits per heavy atom. The Morgan fingerprint density at radius 1 is 1.11 bits per heavy atom. The molecule has 2 bridgehead atoms. The van der Waals surface area contributed by atoms with Gasteiger partial charge in [-0.05, 0) is 32.7 Å². The van der Waals surface area contributed by atoms with Crippen molar-refractivity contribution in [3.05, 3.63) is 0 Å². The van der Waals surface area contributed by atoms with E-state index in [0.717, 1.165) is 44.2 Å². The van der Waals surface area contributed by atoms with Gasteiger partial charge in [0, 0.05) is 24.9 Å². The smallest absolute Gasteiger partial charge is 0.318 e. The Hall–Kier alpha value is -0.900. The zero-order valence-electron chi connectivity index (χ0n) is 11.8. The molecule has 2 saturated heterocycles. The van der Waals surface area contributed by atoms with E-state index in [1.165, 1.54) is 19.3 Å². The minimum atomic E-state index is -0.0986. The van der Waals surface area contributed by atoms with E-state index in [2.05, 4.69) is 17.1 Å². The highest BCUT2D eigenvalue weighted by Gasteiger charge is 2.37. The molecule has 1 aliphatic carbocycles. The lowest BCUT2D eigenvalue weighted by Crippen LogP contribution is -2.40. The maximum Gasteiger partial charge on any atom is 0.338 e. The van der Waals surface area contributed by atoms with Gasteiger partial charge in [0.25, 0.3) is 0 Å². The van der Waals surface area contributed by atoms with Gasteiger partial charge in [0.15, 0.2) is 0 Å². The van der Waals surface area contributed by atoms with Crippen molar-refractivity contribution in [1.29, 1.82) is 0 Å². The fourth-order valence-corrected chi connectivity index (χ4v) is 3.81. The maximum atomic E-state index is 11.9. The number of hydrogen-bond donors (Lipinski definition) is 0. The summed E-state index contributed by atoms with van der Waals surface area (Å²) in [6.07, 6.45) is 10.0. The third kappa shape index (κ3) is 2.83. The molecular formula is C15H24N2O2. The summed E-state index contributed by atoms with van der Waals surface area (Å²) >= 11 is 0. The van der Waals surface area contributed by atoms with Gasteiger partial charge < -0.3 is 4.84 Å². The largest absolute Gasteiger partial charge is 0.338 e. The molecule has 0 spiro atoms. The van der Waals surface area contributed by atoms with Crippen LogP contribution in [-0.4, -0.2) is 35.7 Å². The van der Waals surface area contributed by atoms with Gasteiger partial charge in [0.05, 0.1) is 11.6 Å². The van der Waals surface area contributed by atoms with Crippen LogP contribution in [0.2, 0.25) is 0 Å². The van der Waals surface area contributed by atoms with Gasteiger partial charge in [0.2, 0.25) is 0 Å². The Labute approximate surface area is 115 Å². The monoisotopic (exact) mass is 264 g/mol. The zero-order valence-corrected chi connectivity index (χ0v) is 11.8. The van der Waals surface area contributed by atoms with Crippen LogP contribution in [-0.2, 0) is 9.63 Å². The van der Waals surface area contributed by atoms with Crippen molar-refractivity contribution in [2.45, 2.75) is 69.9 Å². The normalized spacial score (nSPS) is 34.7. The molecule has 3 rings (SSSR count). The molecule has 4 heteroatoms. The van der Waals surface area contributed by atoms with Crippen molar-refractivity contribution < 1.29 is 9.63 Å². The van der Waals surface area contributed by atoms with Gasteiger partial charge >= 0.3 is 5.97 Å². The van der Waals surface area contributed by atoms with Crippen molar-refractivity contribution in [2.24, 2.45) is 11.1 Å². The Kier molecular flexibility index (Phi) is 3.87. The van der Waals surface area contributed by atoms with Gasteiger partial charge in [0.1, 0.15) is 0 Å². The second-order valence-corrected chi connectivity index (χ2v) is 6.36. The first-order chi connectivity index (χ1) is 9.24. The molecule has 106 valence electrons. The summed E-state index contributed by atoms with van der Waals surface area (Å²) in [5.74, 6) is -0.000406. The number of oxime groups is 1. The van der Waals surface area contributed by atoms with Crippen LogP contribution in [0.4, 0.5) is 0 Å². The van der Waals surface area contributed by atoms with Gasteiger partial charge in [-0.2, -0.15) is 0 Å². The standard InChI is InChI=1S/C15H24N2O2/c1-17-13-7-8-14(17)10-12(9-13)16-19-15(18)11-5-3-2-4-6-11/h11,13-14H,2-10H2,1H3/t13-,14+. The molecular weight excluding hydrogens is 240 g/mol. The Balaban J connectivity index is 1.53. The molecule has 0 radical (unpaired) electrons. The van der Waals surface area contributed by atoms with E-state index < -0.39 is 0 Å². The van der Waals surface area contributed by atoms with Crippen LogP contribution in [0.5, 0.6) is 0 Å². The highest BCUT2D eigenvalue weighted by molar-refractivity contribution is 5.87. The van der Waals surface area contributed by atoms with Crippen molar-refractivity contribution in [2.75, 3.05) is 7.05 Å². The number of nitrogens with zero attached hydrogens (tertiary/aromatic N) is 2. The van der Waals surface area contributed by atoms with Crippen molar-refractivity contribution in [3.8, 4) is 0 Å². The molecule has 0 aromatic heterocycles. The number of fused-ring (bicyclic) bond motifs is 2. The van der Waals surface area contributed by atoms with Crippen LogP contribution in [0.15, 0.2) is 5.16 Å². The molecule has 2 heterocycles. The first kappa shape index (κ1) is 13.1. The molecule has 2 aliphatic heterocycles. The van der Waals surface area contributed by atoms with E-state index in [4.69, 9.17) is 4.84 Å². The molecule has 0 N–H and O–H groups in total. The summed E-state index contributed by atoms with van der Waals surface area (Å²) < 4.78 is 0. The van der Waals surface area contributed by atoms with Crippen LogP contribution in [0, 0.1) is 5.92 Å². The molecule has 3 aliphatic rings. The lowest BCUT2D eigenvalue weighted by atomic mass is 9.89. The second kappa shape index (κ2) is 5.61. The number of rotatable bonds is 2. The number of hydrogen-bond acceptors (Lipinski definition) is 4. The lowest BCUT2D eigenvalue weighted by molar-refractivity contribution is -0.149. The summed E-state index contributed by atoms with van der Waals surface area (Å²) in [7, 11) is 2.20. The molecule has 1 saturated carbocycles. The zero-order chi connectivity index (χ0) is 13.2. The number of carbonyl (C=O) groups is 1. The van der Waals surface area contributed by atoms with Crippen LogP contribution in [0.25, 0.3) is 0 Å². The fourth-order valence-electron chi connectivity index (χ4n) is 3.81. The minimum Gasteiger partial charge on any atom is -0.318 e. The summed E-state index contributed by atoms with van der Waals surface area (Å²) in [6, 6.07) is 1.23. The minimum absolute atomic E-state index is 0.0982. The highest BCUT2D eigenvalue weighted by atomic mass is 16.7. The molecule has 19 heavy (non-hydrogen) atoms. The number of carbonyl (C=O) groups excluding carboxylic acids is 1. The first-order valence-electron chi connectivity index (χ1n) is 7.72. The highest BCUT2D eigenvalue weighted by Crippen LogP contribution is 2.33.